The van der Waals surface area contributed by atoms with Crippen molar-refractivity contribution in [1.82, 2.24) is 4.57 Å². The molecule has 0 aromatic carbocycles. The van der Waals surface area contributed by atoms with Crippen LogP contribution in [0.2, 0.25) is 0 Å². The van der Waals surface area contributed by atoms with Gasteiger partial charge in [0.25, 0.3) is 5.43 Å². The van der Waals surface area contributed by atoms with Gasteiger partial charge in [-0.2, -0.15) is 0 Å². The number of nitrogens with zero attached hydrogens (tertiary/aromatic N) is 2. The highest BCUT2D eigenvalue weighted by atomic mass is 79.9. The molecule has 1 aliphatic heterocycles. The van der Waals surface area contributed by atoms with Gasteiger partial charge in [0.05, 0.1) is 11.1 Å². The van der Waals surface area contributed by atoms with Gasteiger partial charge in [0.15, 0.2) is 0 Å². The Bertz CT molecular complexity index is 523. The van der Waals surface area contributed by atoms with E-state index in [0.717, 1.165) is 18.2 Å². The fourth-order valence-corrected chi connectivity index (χ4v) is 3.01. The van der Waals surface area contributed by atoms with Crippen LogP contribution in [0.4, 0.5) is 5.69 Å². The van der Waals surface area contributed by atoms with E-state index in [1.807, 2.05) is 0 Å². The summed E-state index contributed by atoms with van der Waals surface area (Å²) in [4.78, 5) is 21.5. The maximum Gasteiger partial charge on any atom is 0.332 e. The lowest BCUT2D eigenvalue weighted by molar-refractivity contribution is -0.386. The van der Waals surface area contributed by atoms with Crippen LogP contribution in [-0.2, 0) is 11.3 Å². The Balaban J connectivity index is 2.24. The van der Waals surface area contributed by atoms with Gasteiger partial charge in [0, 0.05) is 42.8 Å². The molecular formula is C12H15BrN2O4. The third-order valence-electron chi connectivity index (χ3n) is 3.51. The highest BCUT2D eigenvalue weighted by Crippen LogP contribution is 2.34. The molecule has 0 amide bonds. The topological polar surface area (TPSA) is 74.4 Å². The molecule has 1 aliphatic rings. The standard InChI is InChI=1S/C12H15BrN2O4/c13-8-12(2-5-19-6-3-12)9-14-4-1-11(16)10(7-14)15(17)18/h1,4,7H,2-3,5-6,8-9H2. The average molecular weight is 331 g/mol. The molecule has 2 heterocycles. The van der Waals surface area contributed by atoms with Gasteiger partial charge >= 0.3 is 5.69 Å². The number of halogens is 1. The third kappa shape index (κ3) is 3.22. The van der Waals surface area contributed by atoms with Crippen molar-refractivity contribution in [3.63, 3.8) is 0 Å². The first-order valence-electron chi connectivity index (χ1n) is 6.05. The van der Waals surface area contributed by atoms with Crippen molar-refractivity contribution < 1.29 is 9.66 Å². The fourth-order valence-electron chi connectivity index (χ4n) is 2.27. The Hall–Kier alpha value is -1.21. The monoisotopic (exact) mass is 330 g/mol. The van der Waals surface area contributed by atoms with Crippen LogP contribution in [0.25, 0.3) is 0 Å². The summed E-state index contributed by atoms with van der Waals surface area (Å²) < 4.78 is 7.09. The van der Waals surface area contributed by atoms with Crippen LogP contribution >= 0.6 is 15.9 Å². The Kier molecular flexibility index (Phi) is 4.36. The Morgan fingerprint density at radius 3 is 2.74 bits per heavy atom. The first-order valence-corrected chi connectivity index (χ1v) is 7.17. The lowest BCUT2D eigenvalue weighted by Crippen LogP contribution is -2.35. The minimum absolute atomic E-state index is 0.0290. The molecule has 1 aromatic heterocycles. The van der Waals surface area contributed by atoms with Gasteiger partial charge in [0.2, 0.25) is 0 Å². The highest BCUT2D eigenvalue weighted by molar-refractivity contribution is 9.09. The van der Waals surface area contributed by atoms with Gasteiger partial charge in [-0.15, -0.1) is 0 Å². The van der Waals surface area contributed by atoms with E-state index in [1.165, 1.54) is 12.3 Å². The lowest BCUT2D eigenvalue weighted by Gasteiger charge is -2.36. The number of aromatic nitrogens is 1. The van der Waals surface area contributed by atoms with Crippen LogP contribution in [0.15, 0.2) is 23.3 Å². The van der Waals surface area contributed by atoms with E-state index in [2.05, 4.69) is 15.9 Å². The molecule has 6 nitrogen and oxygen atoms in total. The summed E-state index contributed by atoms with van der Waals surface area (Å²) >= 11 is 3.52. The number of pyridine rings is 1. The second-order valence-electron chi connectivity index (χ2n) is 4.87. The first-order chi connectivity index (χ1) is 9.06. The van der Waals surface area contributed by atoms with Crippen LogP contribution in [0, 0.1) is 15.5 Å². The molecule has 0 radical (unpaired) electrons. The second-order valence-corrected chi connectivity index (χ2v) is 5.43. The SMILES string of the molecule is O=c1ccn(CC2(CBr)CCOCC2)cc1[N+](=O)[O-]. The predicted octanol–water partition coefficient (Wildman–Crippen LogP) is 1.95. The summed E-state index contributed by atoms with van der Waals surface area (Å²) in [7, 11) is 0. The van der Waals surface area contributed by atoms with Crippen LogP contribution in [0.3, 0.4) is 0 Å². The molecule has 19 heavy (non-hydrogen) atoms. The molecule has 0 spiro atoms. The predicted molar refractivity (Wildman–Crippen MR) is 73.6 cm³/mol. The molecule has 1 saturated heterocycles. The number of rotatable bonds is 4. The molecule has 1 fully saturated rings. The maximum atomic E-state index is 11.4. The summed E-state index contributed by atoms with van der Waals surface area (Å²) in [5.41, 5.74) is -0.901. The normalized spacial score (nSPS) is 18.2. The molecule has 0 N–H and O–H groups in total. The molecular weight excluding hydrogens is 316 g/mol. The number of hydrogen-bond donors (Lipinski definition) is 0. The van der Waals surface area contributed by atoms with Crippen LogP contribution in [0.5, 0.6) is 0 Å². The number of hydrogen-bond acceptors (Lipinski definition) is 4. The molecule has 2 rings (SSSR count). The van der Waals surface area contributed by atoms with Gasteiger partial charge in [-0.3, -0.25) is 14.9 Å². The van der Waals surface area contributed by atoms with Crippen molar-refractivity contribution in [2.45, 2.75) is 19.4 Å². The summed E-state index contributed by atoms with van der Waals surface area (Å²) in [6.45, 7) is 2.05. The molecule has 0 atom stereocenters. The number of nitro groups is 1. The fraction of sp³-hybridized carbons (Fsp3) is 0.583. The van der Waals surface area contributed by atoms with Crippen molar-refractivity contribution >= 4 is 21.6 Å². The van der Waals surface area contributed by atoms with Gasteiger partial charge in [-0.05, 0) is 12.8 Å². The van der Waals surface area contributed by atoms with Gasteiger partial charge in [0.1, 0.15) is 0 Å². The van der Waals surface area contributed by atoms with Crippen molar-refractivity contribution in [2.24, 2.45) is 5.41 Å². The average Bonchev–Trinajstić information content (AvgIpc) is 2.42. The lowest BCUT2D eigenvalue weighted by atomic mass is 9.82. The minimum Gasteiger partial charge on any atom is -0.381 e. The van der Waals surface area contributed by atoms with Crippen molar-refractivity contribution in [2.75, 3.05) is 18.5 Å². The largest absolute Gasteiger partial charge is 0.381 e. The second kappa shape index (κ2) is 5.83. The van der Waals surface area contributed by atoms with Crippen molar-refractivity contribution in [3.05, 3.63) is 38.8 Å². The number of alkyl halides is 1. The summed E-state index contributed by atoms with van der Waals surface area (Å²) in [5, 5.41) is 11.6. The zero-order valence-electron chi connectivity index (χ0n) is 10.4. The molecule has 104 valence electrons. The molecule has 1 aromatic rings. The molecule has 0 unspecified atom stereocenters. The van der Waals surface area contributed by atoms with Crippen molar-refractivity contribution in [1.29, 1.82) is 0 Å². The summed E-state index contributed by atoms with van der Waals surface area (Å²) in [6.07, 6.45) is 4.73. The van der Waals surface area contributed by atoms with E-state index in [9.17, 15) is 14.9 Å². The van der Waals surface area contributed by atoms with Gasteiger partial charge in [-0.25, -0.2) is 0 Å². The molecule has 7 heteroatoms. The highest BCUT2D eigenvalue weighted by Gasteiger charge is 2.32. The van der Waals surface area contributed by atoms with Gasteiger partial charge in [-0.1, -0.05) is 15.9 Å². The van der Waals surface area contributed by atoms with E-state index >= 15 is 0 Å². The van der Waals surface area contributed by atoms with Gasteiger partial charge < -0.3 is 9.30 Å². The van der Waals surface area contributed by atoms with Crippen LogP contribution in [-0.4, -0.2) is 28.0 Å². The maximum absolute atomic E-state index is 11.4. The Morgan fingerprint density at radius 2 is 2.16 bits per heavy atom. The molecule has 0 bridgehead atoms. The van der Waals surface area contributed by atoms with E-state index in [4.69, 9.17) is 4.74 Å². The minimum atomic E-state index is -0.635. The molecule has 0 aliphatic carbocycles. The van der Waals surface area contributed by atoms with E-state index in [-0.39, 0.29) is 11.1 Å². The molecule has 0 saturated carbocycles. The Morgan fingerprint density at radius 1 is 1.47 bits per heavy atom. The Labute approximate surface area is 118 Å². The van der Waals surface area contributed by atoms with E-state index in [0.29, 0.717) is 19.8 Å². The van der Waals surface area contributed by atoms with Crippen LogP contribution < -0.4 is 5.43 Å². The zero-order chi connectivity index (χ0) is 13.9. The summed E-state index contributed by atoms with van der Waals surface area (Å²) in [5.74, 6) is 0. The van der Waals surface area contributed by atoms with Crippen molar-refractivity contribution in [3.8, 4) is 0 Å². The third-order valence-corrected chi connectivity index (χ3v) is 4.70. The van der Waals surface area contributed by atoms with E-state index in [1.54, 1.807) is 10.8 Å². The smallest absolute Gasteiger partial charge is 0.332 e. The first kappa shape index (κ1) is 14.2. The quantitative estimate of drug-likeness (QED) is 0.480. The zero-order valence-corrected chi connectivity index (χ0v) is 12.0. The van der Waals surface area contributed by atoms with E-state index < -0.39 is 10.4 Å². The summed E-state index contributed by atoms with van der Waals surface area (Å²) in [6, 6.07) is 1.25. The number of ether oxygens (including phenoxy) is 1. The van der Waals surface area contributed by atoms with Crippen LogP contribution in [0.1, 0.15) is 12.8 Å².